The van der Waals surface area contributed by atoms with Gasteiger partial charge >= 0.3 is 0 Å². The monoisotopic (exact) mass is 344 g/mol. The summed E-state index contributed by atoms with van der Waals surface area (Å²) in [5, 5.41) is 3.61. The summed E-state index contributed by atoms with van der Waals surface area (Å²) in [6.45, 7) is 4.70. The van der Waals surface area contributed by atoms with Crippen LogP contribution in [0.2, 0.25) is 0 Å². The van der Waals surface area contributed by atoms with Gasteiger partial charge in [0, 0.05) is 9.61 Å². The molecule has 3 heteroatoms. The van der Waals surface area contributed by atoms with Crippen LogP contribution in [0.3, 0.4) is 0 Å². The lowest BCUT2D eigenvalue weighted by atomic mass is 9.80. The summed E-state index contributed by atoms with van der Waals surface area (Å²) >= 11 is 2.29. The molecule has 94 valence electrons. The van der Waals surface area contributed by atoms with E-state index in [1.165, 1.54) is 22.8 Å². The van der Waals surface area contributed by atoms with E-state index in [1.807, 2.05) is 6.07 Å². The Morgan fingerprint density at radius 3 is 2.41 bits per heavy atom. The third-order valence-corrected chi connectivity index (χ3v) is 4.22. The number of nitrogens with one attached hydrogen (secondary N) is 1. The number of halogens is 1. The number of hydrogen-bond acceptors (Lipinski definition) is 2. The first-order chi connectivity index (χ1) is 8.04. The maximum atomic E-state index is 6.04. The minimum atomic E-state index is 0.580. The van der Waals surface area contributed by atoms with E-state index in [2.05, 4.69) is 53.9 Å². The second kappa shape index (κ2) is 5.46. The van der Waals surface area contributed by atoms with Crippen LogP contribution in [0.5, 0.6) is 0 Å². The number of benzene rings is 1. The lowest BCUT2D eigenvalue weighted by molar-refractivity contribution is 0.281. The van der Waals surface area contributed by atoms with Crippen LogP contribution >= 0.6 is 22.6 Å². The second-order valence-electron chi connectivity index (χ2n) is 5.49. The van der Waals surface area contributed by atoms with Crippen molar-refractivity contribution in [2.75, 3.05) is 11.1 Å². The fraction of sp³-hybridized carbons (Fsp3) is 0.571. The van der Waals surface area contributed by atoms with Crippen LogP contribution in [0, 0.1) is 15.4 Å². The summed E-state index contributed by atoms with van der Waals surface area (Å²) in [6.07, 6.45) is 3.88. The standard InChI is InChI=1S/C14H21IN2/c1-9-5-10(2)7-12(6-9)17-14-4-3-11(15)8-13(14)16/h3-4,8-10,12,17H,5-7,16H2,1-2H3. The zero-order chi connectivity index (χ0) is 12.4. The molecule has 2 nitrogen and oxygen atoms in total. The summed E-state index contributed by atoms with van der Waals surface area (Å²) in [7, 11) is 0. The molecular weight excluding hydrogens is 323 g/mol. The predicted molar refractivity (Wildman–Crippen MR) is 83.2 cm³/mol. The van der Waals surface area contributed by atoms with Gasteiger partial charge in [0.1, 0.15) is 0 Å². The molecule has 2 unspecified atom stereocenters. The first-order valence-electron chi connectivity index (χ1n) is 6.36. The van der Waals surface area contributed by atoms with Crippen molar-refractivity contribution in [3.63, 3.8) is 0 Å². The van der Waals surface area contributed by atoms with Gasteiger partial charge in [0.25, 0.3) is 0 Å². The Morgan fingerprint density at radius 2 is 1.82 bits per heavy atom. The van der Waals surface area contributed by atoms with Crippen LogP contribution in [0.25, 0.3) is 0 Å². The summed E-state index contributed by atoms with van der Waals surface area (Å²) in [5.41, 5.74) is 8.00. The minimum Gasteiger partial charge on any atom is -0.397 e. The van der Waals surface area contributed by atoms with Crippen LogP contribution in [0.15, 0.2) is 18.2 Å². The first kappa shape index (κ1) is 13.0. The predicted octanol–water partition coefficient (Wildman–Crippen LogP) is 4.11. The van der Waals surface area contributed by atoms with Crippen molar-refractivity contribution < 1.29 is 0 Å². The van der Waals surface area contributed by atoms with Gasteiger partial charge in [0.2, 0.25) is 0 Å². The average Bonchev–Trinajstić information content (AvgIpc) is 2.21. The van der Waals surface area contributed by atoms with Gasteiger partial charge < -0.3 is 11.1 Å². The Bertz CT molecular complexity index is 382. The van der Waals surface area contributed by atoms with Gasteiger partial charge in [-0.2, -0.15) is 0 Å². The Balaban J connectivity index is 2.04. The maximum absolute atomic E-state index is 6.04. The molecule has 1 aliphatic rings. The van der Waals surface area contributed by atoms with Crippen molar-refractivity contribution >= 4 is 34.0 Å². The van der Waals surface area contributed by atoms with Crippen molar-refractivity contribution in [3.05, 3.63) is 21.8 Å². The molecule has 0 spiro atoms. The highest BCUT2D eigenvalue weighted by Crippen LogP contribution is 2.32. The van der Waals surface area contributed by atoms with Gasteiger partial charge in [0.05, 0.1) is 11.4 Å². The highest BCUT2D eigenvalue weighted by Gasteiger charge is 2.23. The van der Waals surface area contributed by atoms with E-state index < -0.39 is 0 Å². The smallest absolute Gasteiger partial charge is 0.0576 e. The van der Waals surface area contributed by atoms with Crippen molar-refractivity contribution in [3.8, 4) is 0 Å². The number of hydrogen-bond donors (Lipinski definition) is 2. The summed E-state index contributed by atoms with van der Waals surface area (Å²) in [5.74, 6) is 1.64. The molecule has 0 bridgehead atoms. The van der Waals surface area contributed by atoms with Crippen LogP contribution in [0.4, 0.5) is 11.4 Å². The number of rotatable bonds is 2. The molecule has 2 atom stereocenters. The summed E-state index contributed by atoms with van der Waals surface area (Å²) in [6, 6.07) is 6.81. The summed E-state index contributed by atoms with van der Waals surface area (Å²) in [4.78, 5) is 0. The van der Waals surface area contributed by atoms with Gasteiger partial charge in [0.15, 0.2) is 0 Å². The molecule has 0 radical (unpaired) electrons. The van der Waals surface area contributed by atoms with E-state index in [1.54, 1.807) is 0 Å². The third kappa shape index (κ3) is 3.50. The fourth-order valence-corrected chi connectivity index (χ4v) is 3.47. The molecule has 17 heavy (non-hydrogen) atoms. The van der Waals surface area contributed by atoms with Gasteiger partial charge in [-0.1, -0.05) is 13.8 Å². The number of nitrogen functional groups attached to an aromatic ring is 1. The number of anilines is 2. The second-order valence-corrected chi connectivity index (χ2v) is 6.74. The molecule has 1 aromatic rings. The third-order valence-electron chi connectivity index (χ3n) is 3.55. The molecule has 3 N–H and O–H groups in total. The van der Waals surface area contributed by atoms with Crippen LogP contribution < -0.4 is 11.1 Å². The van der Waals surface area contributed by atoms with E-state index in [0.29, 0.717) is 6.04 Å². The highest BCUT2D eigenvalue weighted by atomic mass is 127. The van der Waals surface area contributed by atoms with Crippen LogP contribution in [-0.4, -0.2) is 6.04 Å². The minimum absolute atomic E-state index is 0.580. The Hall–Kier alpha value is -0.450. The van der Waals surface area contributed by atoms with Crippen LogP contribution in [-0.2, 0) is 0 Å². The average molecular weight is 344 g/mol. The normalized spacial score (nSPS) is 29.0. The quantitative estimate of drug-likeness (QED) is 0.626. The van der Waals surface area contributed by atoms with E-state index in [-0.39, 0.29) is 0 Å². The molecule has 0 aromatic heterocycles. The Labute approximate surface area is 117 Å². The lowest BCUT2D eigenvalue weighted by Gasteiger charge is -2.32. The Kier molecular flexibility index (Phi) is 4.17. The highest BCUT2D eigenvalue weighted by molar-refractivity contribution is 14.1. The lowest BCUT2D eigenvalue weighted by Crippen LogP contribution is -2.30. The molecule has 1 aromatic carbocycles. The molecule has 0 aliphatic heterocycles. The molecule has 1 fully saturated rings. The zero-order valence-electron chi connectivity index (χ0n) is 10.5. The van der Waals surface area contributed by atoms with E-state index in [0.717, 1.165) is 23.2 Å². The van der Waals surface area contributed by atoms with Gasteiger partial charge in [-0.25, -0.2) is 0 Å². The van der Waals surface area contributed by atoms with E-state index in [9.17, 15) is 0 Å². The zero-order valence-corrected chi connectivity index (χ0v) is 12.7. The molecule has 1 aliphatic carbocycles. The van der Waals surface area contributed by atoms with Crippen molar-refractivity contribution in [2.45, 2.75) is 39.2 Å². The molecule has 1 saturated carbocycles. The van der Waals surface area contributed by atoms with Gasteiger partial charge in [-0.05, 0) is 71.9 Å². The van der Waals surface area contributed by atoms with E-state index in [4.69, 9.17) is 5.73 Å². The molecule has 0 saturated heterocycles. The maximum Gasteiger partial charge on any atom is 0.0576 e. The van der Waals surface area contributed by atoms with E-state index >= 15 is 0 Å². The number of nitrogens with two attached hydrogens (primary N) is 1. The van der Waals surface area contributed by atoms with Crippen molar-refractivity contribution in [1.82, 2.24) is 0 Å². The molecule has 0 amide bonds. The topological polar surface area (TPSA) is 38.0 Å². The van der Waals surface area contributed by atoms with Crippen LogP contribution in [0.1, 0.15) is 33.1 Å². The van der Waals surface area contributed by atoms with Gasteiger partial charge in [-0.15, -0.1) is 0 Å². The van der Waals surface area contributed by atoms with Crippen molar-refractivity contribution in [1.29, 1.82) is 0 Å². The largest absolute Gasteiger partial charge is 0.397 e. The summed E-state index contributed by atoms with van der Waals surface area (Å²) < 4.78 is 1.19. The first-order valence-corrected chi connectivity index (χ1v) is 7.44. The van der Waals surface area contributed by atoms with Crippen molar-refractivity contribution in [2.24, 2.45) is 11.8 Å². The SMILES string of the molecule is CC1CC(C)CC(Nc2ccc(I)cc2N)C1. The molecule has 2 rings (SSSR count). The Morgan fingerprint density at radius 1 is 1.18 bits per heavy atom. The molecular formula is C14H21IN2. The van der Waals surface area contributed by atoms with Gasteiger partial charge in [-0.3, -0.25) is 0 Å². The molecule has 0 heterocycles. The fourth-order valence-electron chi connectivity index (χ4n) is 2.95.